The average molecular weight is 488 g/mol. The van der Waals surface area contributed by atoms with Crippen LogP contribution in [0.25, 0.3) is 0 Å². The predicted molar refractivity (Wildman–Crippen MR) is 137 cm³/mol. The van der Waals surface area contributed by atoms with Crippen molar-refractivity contribution >= 4 is 39.7 Å². The summed E-state index contributed by atoms with van der Waals surface area (Å²) >= 11 is 1.30. The van der Waals surface area contributed by atoms with E-state index < -0.39 is 0 Å². The average Bonchev–Trinajstić information content (AvgIpc) is 3.56. The van der Waals surface area contributed by atoms with E-state index in [-0.39, 0.29) is 23.5 Å². The van der Waals surface area contributed by atoms with Gasteiger partial charge in [0.2, 0.25) is 0 Å². The molecule has 2 aromatic carbocycles. The van der Waals surface area contributed by atoms with Crippen LogP contribution in [0.5, 0.6) is 0 Å². The van der Waals surface area contributed by atoms with Gasteiger partial charge in [0.05, 0.1) is 11.8 Å². The summed E-state index contributed by atoms with van der Waals surface area (Å²) in [4.78, 5) is 37.5. The molecule has 0 unspecified atom stereocenters. The van der Waals surface area contributed by atoms with Crippen molar-refractivity contribution in [3.8, 4) is 0 Å². The molecule has 8 heteroatoms. The van der Waals surface area contributed by atoms with Crippen LogP contribution in [0.1, 0.15) is 62.2 Å². The summed E-state index contributed by atoms with van der Waals surface area (Å²) in [7, 11) is 0. The molecule has 0 aliphatic rings. The maximum atomic E-state index is 12.8. The first-order valence-electron chi connectivity index (χ1n) is 11.1. The van der Waals surface area contributed by atoms with E-state index in [0.717, 1.165) is 11.1 Å². The van der Waals surface area contributed by atoms with Crippen LogP contribution < -0.4 is 16.0 Å². The second-order valence-corrected chi connectivity index (χ2v) is 9.12. The first-order valence-corrected chi connectivity index (χ1v) is 12.0. The molecule has 0 aliphatic carbocycles. The Hall–Kier alpha value is -4.17. The van der Waals surface area contributed by atoms with Crippen molar-refractivity contribution in [3.63, 3.8) is 0 Å². The van der Waals surface area contributed by atoms with E-state index in [1.807, 2.05) is 24.3 Å². The van der Waals surface area contributed by atoms with Gasteiger partial charge >= 0.3 is 0 Å². The zero-order valence-electron chi connectivity index (χ0n) is 19.3. The second kappa shape index (κ2) is 10.8. The molecule has 0 fully saturated rings. The molecular weight excluding hydrogens is 462 g/mol. The highest BCUT2D eigenvalue weighted by Crippen LogP contribution is 2.24. The third-order valence-corrected chi connectivity index (χ3v) is 6.22. The van der Waals surface area contributed by atoms with Crippen LogP contribution in [0.2, 0.25) is 0 Å². The zero-order valence-corrected chi connectivity index (χ0v) is 20.1. The molecule has 35 heavy (non-hydrogen) atoms. The lowest BCUT2D eigenvalue weighted by atomic mass is 10.0. The summed E-state index contributed by atoms with van der Waals surface area (Å²) in [6, 6.07) is 19.5. The van der Waals surface area contributed by atoms with Crippen molar-refractivity contribution in [1.82, 2.24) is 5.32 Å². The van der Waals surface area contributed by atoms with E-state index in [4.69, 9.17) is 4.42 Å². The summed E-state index contributed by atoms with van der Waals surface area (Å²) < 4.78 is 5.08. The van der Waals surface area contributed by atoms with E-state index >= 15 is 0 Å². The zero-order chi connectivity index (χ0) is 24.8. The number of benzene rings is 2. The number of anilines is 2. The van der Waals surface area contributed by atoms with Gasteiger partial charge in [-0.3, -0.25) is 14.4 Å². The number of thiophene rings is 1. The Bertz CT molecular complexity index is 1310. The minimum Gasteiger partial charge on any atom is -0.459 e. The first-order chi connectivity index (χ1) is 16.9. The number of hydrogen-bond donors (Lipinski definition) is 3. The number of carbonyl (C=O) groups excluding carboxylic acids is 3. The van der Waals surface area contributed by atoms with Crippen LogP contribution in [0.3, 0.4) is 0 Å². The fourth-order valence-electron chi connectivity index (χ4n) is 3.36. The topological polar surface area (TPSA) is 100 Å². The molecule has 2 aromatic heterocycles. The van der Waals surface area contributed by atoms with Crippen molar-refractivity contribution in [3.05, 3.63) is 106 Å². The van der Waals surface area contributed by atoms with Crippen molar-refractivity contribution < 1.29 is 18.8 Å². The van der Waals surface area contributed by atoms with E-state index in [2.05, 4.69) is 29.8 Å². The first kappa shape index (κ1) is 24.0. The van der Waals surface area contributed by atoms with Gasteiger partial charge < -0.3 is 20.4 Å². The van der Waals surface area contributed by atoms with Crippen LogP contribution in [-0.4, -0.2) is 17.7 Å². The Morgan fingerprint density at radius 1 is 0.857 bits per heavy atom. The third kappa shape index (κ3) is 6.04. The van der Waals surface area contributed by atoms with Crippen molar-refractivity contribution in [2.45, 2.75) is 26.3 Å². The minimum atomic E-state index is -0.334. The fourth-order valence-corrected chi connectivity index (χ4v) is 4.14. The lowest BCUT2D eigenvalue weighted by Crippen LogP contribution is -2.24. The molecule has 0 aliphatic heterocycles. The smallest absolute Gasteiger partial charge is 0.291 e. The number of nitrogens with one attached hydrogen (secondary N) is 3. The number of rotatable bonds is 8. The summed E-state index contributed by atoms with van der Waals surface area (Å²) in [5.74, 6) is -0.265. The van der Waals surface area contributed by atoms with Gasteiger partial charge in [0, 0.05) is 17.8 Å². The van der Waals surface area contributed by atoms with E-state index in [1.54, 1.807) is 47.8 Å². The highest BCUT2D eigenvalue weighted by atomic mass is 32.1. The largest absolute Gasteiger partial charge is 0.459 e. The van der Waals surface area contributed by atoms with Crippen molar-refractivity contribution in [1.29, 1.82) is 0 Å². The standard InChI is InChI=1S/C27H25N3O4S/c1-17(2)19-7-9-20(10-8-19)24(31)30-27-22(13-15-35-27)25(32)28-16-18-5-11-21(12-6-18)29-26(33)23-4-3-14-34-23/h3-15,17H,16H2,1-2H3,(H,28,32)(H,29,33)(H,30,31). The van der Waals surface area contributed by atoms with E-state index in [9.17, 15) is 14.4 Å². The molecule has 2 heterocycles. The molecule has 0 saturated heterocycles. The highest BCUT2D eigenvalue weighted by Gasteiger charge is 2.16. The van der Waals surface area contributed by atoms with E-state index in [1.165, 1.54) is 17.6 Å². The molecule has 178 valence electrons. The van der Waals surface area contributed by atoms with Gasteiger partial charge in [-0.1, -0.05) is 38.1 Å². The molecule has 0 bridgehead atoms. The molecular formula is C27H25N3O4S. The third-order valence-electron chi connectivity index (χ3n) is 5.39. The minimum absolute atomic E-state index is 0.229. The van der Waals surface area contributed by atoms with Crippen molar-refractivity contribution in [2.24, 2.45) is 0 Å². The molecule has 0 radical (unpaired) electrons. The van der Waals surface area contributed by atoms with Gasteiger partial charge in [-0.15, -0.1) is 11.3 Å². The summed E-state index contributed by atoms with van der Waals surface area (Å²) in [6.07, 6.45) is 1.44. The monoisotopic (exact) mass is 487 g/mol. The lowest BCUT2D eigenvalue weighted by molar-refractivity contribution is 0.0951. The maximum Gasteiger partial charge on any atom is 0.291 e. The SMILES string of the molecule is CC(C)c1ccc(C(=O)Nc2sccc2C(=O)NCc2ccc(NC(=O)c3ccco3)cc2)cc1. The normalized spacial score (nSPS) is 10.7. The Morgan fingerprint density at radius 3 is 2.26 bits per heavy atom. The maximum absolute atomic E-state index is 12.8. The van der Waals surface area contributed by atoms with E-state index in [0.29, 0.717) is 34.3 Å². The quantitative estimate of drug-likeness (QED) is 0.288. The summed E-state index contributed by atoms with van der Waals surface area (Å²) in [5, 5.41) is 10.7. The number of furan rings is 1. The molecule has 0 saturated carbocycles. The Labute approximate surface area is 207 Å². The second-order valence-electron chi connectivity index (χ2n) is 8.21. The fraction of sp³-hybridized carbons (Fsp3) is 0.148. The summed E-state index contributed by atoms with van der Waals surface area (Å²) in [5.41, 5.74) is 3.58. The van der Waals surface area contributed by atoms with Crippen LogP contribution in [0.15, 0.2) is 82.8 Å². The molecule has 3 N–H and O–H groups in total. The molecule has 3 amide bonds. The highest BCUT2D eigenvalue weighted by molar-refractivity contribution is 7.14. The Kier molecular flexibility index (Phi) is 7.42. The molecule has 4 aromatic rings. The summed E-state index contributed by atoms with van der Waals surface area (Å²) in [6.45, 7) is 4.49. The van der Waals surface area contributed by atoms with Gasteiger partial charge in [0.25, 0.3) is 17.7 Å². The molecule has 0 atom stereocenters. The van der Waals surface area contributed by atoms with Crippen LogP contribution in [0, 0.1) is 0 Å². The Balaban J connectivity index is 1.32. The number of amides is 3. The van der Waals surface area contributed by atoms with Gasteiger partial charge in [-0.05, 0) is 64.9 Å². The van der Waals surface area contributed by atoms with Gasteiger partial charge in [0.1, 0.15) is 5.00 Å². The van der Waals surface area contributed by atoms with Crippen molar-refractivity contribution in [2.75, 3.05) is 10.6 Å². The molecule has 4 rings (SSSR count). The molecule has 0 spiro atoms. The van der Waals surface area contributed by atoms with Crippen LogP contribution in [-0.2, 0) is 6.54 Å². The van der Waals surface area contributed by atoms with Crippen LogP contribution in [0.4, 0.5) is 10.7 Å². The molecule has 7 nitrogen and oxygen atoms in total. The number of carbonyl (C=O) groups is 3. The van der Waals surface area contributed by atoms with Gasteiger partial charge in [-0.2, -0.15) is 0 Å². The van der Waals surface area contributed by atoms with Gasteiger partial charge in [-0.25, -0.2) is 0 Å². The predicted octanol–water partition coefficient (Wildman–Crippen LogP) is 5.90. The number of hydrogen-bond acceptors (Lipinski definition) is 5. The Morgan fingerprint density at radius 2 is 1.60 bits per heavy atom. The van der Waals surface area contributed by atoms with Gasteiger partial charge in [0.15, 0.2) is 5.76 Å². The lowest BCUT2D eigenvalue weighted by Gasteiger charge is -2.10. The van der Waals surface area contributed by atoms with Crippen LogP contribution >= 0.6 is 11.3 Å².